The number of hydrogen-bond acceptors (Lipinski definition) is 6. The SMILES string of the molecule is CCOc1ccc(S(=O)(=O)N2CCC[C@H](C(=O)Nc3ccc4c(c3)OCCO4)C2)cc1Cl. The molecule has 2 aromatic carbocycles. The number of halogens is 1. The summed E-state index contributed by atoms with van der Waals surface area (Å²) in [5, 5.41) is 3.10. The smallest absolute Gasteiger partial charge is 0.243 e. The van der Waals surface area contributed by atoms with Crippen LogP contribution in [0.2, 0.25) is 5.02 Å². The molecular weight excluding hydrogens is 456 g/mol. The number of hydrogen-bond donors (Lipinski definition) is 1. The van der Waals surface area contributed by atoms with Crippen molar-refractivity contribution in [2.75, 3.05) is 38.2 Å². The van der Waals surface area contributed by atoms with Gasteiger partial charge in [-0.05, 0) is 50.1 Å². The summed E-state index contributed by atoms with van der Waals surface area (Å²) >= 11 is 6.18. The third-order valence-electron chi connectivity index (χ3n) is 5.41. The lowest BCUT2D eigenvalue weighted by Gasteiger charge is -2.31. The molecule has 0 spiro atoms. The van der Waals surface area contributed by atoms with Crippen LogP contribution < -0.4 is 19.5 Å². The fraction of sp³-hybridized carbons (Fsp3) is 0.409. The molecule has 1 atom stereocenters. The molecule has 172 valence electrons. The lowest BCUT2D eigenvalue weighted by atomic mass is 9.98. The fourth-order valence-electron chi connectivity index (χ4n) is 3.80. The largest absolute Gasteiger partial charge is 0.492 e. The Morgan fingerprint density at radius 1 is 1.19 bits per heavy atom. The van der Waals surface area contributed by atoms with Gasteiger partial charge in [0.2, 0.25) is 15.9 Å². The van der Waals surface area contributed by atoms with Crippen molar-refractivity contribution in [3.8, 4) is 17.2 Å². The highest BCUT2D eigenvalue weighted by Gasteiger charge is 2.33. The summed E-state index contributed by atoms with van der Waals surface area (Å²) in [4.78, 5) is 13.0. The summed E-state index contributed by atoms with van der Waals surface area (Å²) in [5.41, 5.74) is 0.581. The van der Waals surface area contributed by atoms with E-state index in [4.69, 9.17) is 25.8 Å². The second kappa shape index (κ2) is 9.56. The topological polar surface area (TPSA) is 94.2 Å². The summed E-state index contributed by atoms with van der Waals surface area (Å²) < 4.78 is 44.1. The first-order chi connectivity index (χ1) is 15.4. The van der Waals surface area contributed by atoms with Gasteiger partial charge in [-0.25, -0.2) is 8.42 Å². The normalized spacial score (nSPS) is 18.8. The number of carbonyl (C=O) groups is 1. The highest BCUT2D eigenvalue weighted by Crippen LogP contribution is 2.34. The lowest BCUT2D eigenvalue weighted by molar-refractivity contribution is -0.120. The van der Waals surface area contributed by atoms with Crippen LogP contribution in [-0.4, -0.2) is 51.5 Å². The van der Waals surface area contributed by atoms with Gasteiger partial charge in [-0.2, -0.15) is 4.31 Å². The van der Waals surface area contributed by atoms with Crippen molar-refractivity contribution in [2.24, 2.45) is 5.92 Å². The number of rotatable bonds is 6. The second-order valence-corrected chi connectivity index (χ2v) is 9.92. The van der Waals surface area contributed by atoms with Crippen molar-refractivity contribution < 1.29 is 27.4 Å². The van der Waals surface area contributed by atoms with E-state index >= 15 is 0 Å². The van der Waals surface area contributed by atoms with Crippen molar-refractivity contribution >= 4 is 33.2 Å². The Morgan fingerprint density at radius 3 is 2.72 bits per heavy atom. The summed E-state index contributed by atoms with van der Waals surface area (Å²) in [6.45, 7) is 3.65. The first kappa shape index (κ1) is 22.7. The van der Waals surface area contributed by atoms with E-state index in [2.05, 4.69) is 5.32 Å². The molecule has 1 fully saturated rings. The van der Waals surface area contributed by atoms with Gasteiger partial charge in [-0.3, -0.25) is 4.79 Å². The van der Waals surface area contributed by atoms with E-state index in [1.54, 1.807) is 24.3 Å². The van der Waals surface area contributed by atoms with E-state index in [0.29, 0.717) is 62.1 Å². The van der Waals surface area contributed by atoms with Crippen LogP contribution >= 0.6 is 11.6 Å². The van der Waals surface area contributed by atoms with Gasteiger partial charge >= 0.3 is 0 Å². The van der Waals surface area contributed by atoms with Crippen molar-refractivity contribution in [2.45, 2.75) is 24.7 Å². The number of benzene rings is 2. The Bertz CT molecular complexity index is 1110. The minimum atomic E-state index is -3.79. The van der Waals surface area contributed by atoms with Crippen molar-refractivity contribution in [3.05, 3.63) is 41.4 Å². The first-order valence-corrected chi connectivity index (χ1v) is 12.3. The van der Waals surface area contributed by atoms with E-state index in [-0.39, 0.29) is 22.4 Å². The number of nitrogens with zero attached hydrogens (tertiary/aromatic N) is 1. The van der Waals surface area contributed by atoms with Gasteiger partial charge in [0.25, 0.3) is 0 Å². The molecular formula is C22H25ClN2O6S. The van der Waals surface area contributed by atoms with Crippen LogP contribution in [0.3, 0.4) is 0 Å². The molecule has 8 nitrogen and oxygen atoms in total. The number of anilines is 1. The lowest BCUT2D eigenvalue weighted by Crippen LogP contribution is -2.43. The molecule has 2 aliphatic heterocycles. The average Bonchev–Trinajstić information content (AvgIpc) is 2.80. The van der Waals surface area contributed by atoms with E-state index in [1.165, 1.54) is 16.4 Å². The standard InChI is InChI=1S/C22H25ClN2O6S/c1-2-29-19-8-6-17(13-18(19)23)32(27,28)25-9-3-4-15(14-25)22(26)24-16-5-7-20-21(12-16)31-11-10-30-20/h5-8,12-13,15H,2-4,9-11,14H2,1H3,(H,24,26)/t15-/m0/s1. The Kier molecular flexibility index (Phi) is 6.78. The molecule has 0 aromatic heterocycles. The van der Waals surface area contributed by atoms with Gasteiger partial charge in [-0.15, -0.1) is 0 Å². The zero-order valence-electron chi connectivity index (χ0n) is 17.7. The molecule has 32 heavy (non-hydrogen) atoms. The first-order valence-electron chi connectivity index (χ1n) is 10.5. The third kappa shape index (κ3) is 4.79. The Labute approximate surface area is 192 Å². The Morgan fingerprint density at radius 2 is 1.97 bits per heavy atom. The molecule has 1 amide bonds. The molecule has 2 aliphatic rings. The van der Waals surface area contributed by atoms with Gasteiger partial charge < -0.3 is 19.5 Å². The molecule has 4 rings (SSSR count). The van der Waals surface area contributed by atoms with Crippen LogP contribution in [0.5, 0.6) is 17.2 Å². The minimum absolute atomic E-state index is 0.0823. The second-order valence-electron chi connectivity index (χ2n) is 7.58. The Balaban J connectivity index is 1.45. The summed E-state index contributed by atoms with van der Waals surface area (Å²) in [7, 11) is -3.79. The predicted molar refractivity (Wildman–Crippen MR) is 120 cm³/mol. The van der Waals surface area contributed by atoms with Crippen LogP contribution in [0.1, 0.15) is 19.8 Å². The monoisotopic (exact) mass is 480 g/mol. The van der Waals surface area contributed by atoms with Crippen LogP contribution in [0.25, 0.3) is 0 Å². The molecule has 0 aliphatic carbocycles. The number of amides is 1. The molecule has 0 radical (unpaired) electrons. The van der Waals surface area contributed by atoms with Crippen molar-refractivity contribution in [1.29, 1.82) is 0 Å². The molecule has 0 saturated carbocycles. The van der Waals surface area contributed by atoms with Crippen LogP contribution in [0.15, 0.2) is 41.3 Å². The number of nitrogens with one attached hydrogen (secondary N) is 1. The number of piperidine rings is 1. The third-order valence-corrected chi connectivity index (χ3v) is 7.56. The van der Waals surface area contributed by atoms with Gasteiger partial charge in [0.15, 0.2) is 11.5 Å². The van der Waals surface area contributed by atoms with Gasteiger partial charge in [-0.1, -0.05) is 11.6 Å². The van der Waals surface area contributed by atoms with Gasteiger partial charge in [0.05, 0.1) is 22.4 Å². The van der Waals surface area contributed by atoms with Gasteiger partial charge in [0.1, 0.15) is 19.0 Å². The highest BCUT2D eigenvalue weighted by molar-refractivity contribution is 7.89. The fourth-order valence-corrected chi connectivity index (χ4v) is 5.65. The average molecular weight is 481 g/mol. The molecule has 0 bridgehead atoms. The van der Waals surface area contributed by atoms with Gasteiger partial charge in [0, 0.05) is 24.8 Å². The molecule has 0 unspecified atom stereocenters. The molecule has 1 saturated heterocycles. The van der Waals surface area contributed by atoms with E-state index in [9.17, 15) is 13.2 Å². The number of ether oxygens (including phenoxy) is 3. The predicted octanol–water partition coefficient (Wildman–Crippen LogP) is 3.55. The molecule has 2 heterocycles. The van der Waals surface area contributed by atoms with Crippen molar-refractivity contribution in [1.82, 2.24) is 4.31 Å². The van der Waals surface area contributed by atoms with Crippen LogP contribution in [0.4, 0.5) is 5.69 Å². The molecule has 2 aromatic rings. The molecule has 10 heteroatoms. The highest BCUT2D eigenvalue weighted by atomic mass is 35.5. The summed E-state index contributed by atoms with van der Waals surface area (Å²) in [6, 6.07) is 9.62. The summed E-state index contributed by atoms with van der Waals surface area (Å²) in [6.07, 6.45) is 1.19. The maximum absolute atomic E-state index is 13.2. The van der Waals surface area contributed by atoms with E-state index < -0.39 is 15.9 Å². The summed E-state index contributed by atoms with van der Waals surface area (Å²) in [5.74, 6) is 0.951. The van der Waals surface area contributed by atoms with E-state index in [0.717, 1.165) is 0 Å². The Hall–Kier alpha value is -2.49. The maximum atomic E-state index is 13.2. The maximum Gasteiger partial charge on any atom is 0.243 e. The van der Waals surface area contributed by atoms with Crippen LogP contribution in [0, 0.1) is 5.92 Å². The minimum Gasteiger partial charge on any atom is -0.492 e. The zero-order valence-corrected chi connectivity index (χ0v) is 19.2. The number of sulfonamides is 1. The van der Waals surface area contributed by atoms with Crippen molar-refractivity contribution in [3.63, 3.8) is 0 Å². The molecule has 1 N–H and O–H groups in total. The quantitative estimate of drug-likeness (QED) is 0.679. The van der Waals surface area contributed by atoms with E-state index in [1.807, 2.05) is 6.92 Å². The van der Waals surface area contributed by atoms with Crippen LogP contribution in [-0.2, 0) is 14.8 Å². The number of fused-ring (bicyclic) bond motifs is 1. The zero-order chi connectivity index (χ0) is 22.7. The number of carbonyl (C=O) groups excluding carboxylic acids is 1.